The van der Waals surface area contributed by atoms with E-state index in [1.165, 1.54) is 16.7 Å². The van der Waals surface area contributed by atoms with Crippen LogP contribution in [0.4, 0.5) is 4.39 Å². The molecule has 0 aliphatic carbocycles. The topological polar surface area (TPSA) is 75.4 Å². The van der Waals surface area contributed by atoms with Gasteiger partial charge in [-0.25, -0.2) is 9.37 Å². The van der Waals surface area contributed by atoms with Crippen molar-refractivity contribution in [2.75, 3.05) is 13.6 Å². The van der Waals surface area contributed by atoms with E-state index in [-0.39, 0.29) is 24.0 Å². The molecule has 0 saturated heterocycles. The molecule has 0 fully saturated rings. The van der Waals surface area contributed by atoms with Crippen LogP contribution in [-0.2, 0) is 13.0 Å². The maximum atomic E-state index is 12.9. The molecule has 7 heteroatoms. The number of aromatic hydroxyl groups is 1. The molecule has 1 aromatic carbocycles. The molecule has 25 heavy (non-hydrogen) atoms. The Morgan fingerprint density at radius 2 is 2.00 bits per heavy atom. The normalized spacial score (nSPS) is 17.3. The molecule has 0 bridgehead atoms. The molecule has 0 amide bonds. The highest BCUT2D eigenvalue weighted by Gasteiger charge is 2.28. The molecule has 0 spiro atoms. The van der Waals surface area contributed by atoms with Gasteiger partial charge in [0, 0.05) is 19.5 Å². The van der Waals surface area contributed by atoms with Crippen molar-refractivity contribution in [3.05, 3.63) is 57.5 Å². The smallest absolute Gasteiger partial charge is 0.296 e. The van der Waals surface area contributed by atoms with Crippen LogP contribution in [0.15, 0.2) is 29.1 Å². The number of fused-ring (bicyclic) bond motifs is 1. The highest BCUT2D eigenvalue weighted by Crippen LogP contribution is 2.23. The quantitative estimate of drug-likeness (QED) is 0.857. The molecular weight excluding hydrogens is 325 g/mol. The lowest BCUT2D eigenvalue weighted by Gasteiger charge is -2.32. The number of likely N-dealkylation sites (N-methyl/N-ethyl adjacent to an activating group) is 1. The Bertz CT molecular complexity index is 861. The summed E-state index contributed by atoms with van der Waals surface area (Å²) in [5.74, 6) is -0.843. The van der Waals surface area contributed by atoms with E-state index in [9.17, 15) is 19.1 Å². The average Bonchev–Trinajstić information content (AvgIpc) is 2.60. The summed E-state index contributed by atoms with van der Waals surface area (Å²) in [5.41, 5.74) is 0.0487. The number of hydrogen-bond acceptors (Lipinski definition) is 5. The minimum Gasteiger partial charge on any atom is -0.501 e. The van der Waals surface area contributed by atoms with Gasteiger partial charge in [-0.15, -0.1) is 0 Å². The summed E-state index contributed by atoms with van der Waals surface area (Å²) in [4.78, 5) is 31.2. The number of nitrogens with zero attached hydrogens (tertiary/aromatic N) is 3. The second-order valence-corrected chi connectivity index (χ2v) is 6.33. The number of aryl methyl sites for hydroxylation is 1. The fourth-order valence-electron chi connectivity index (χ4n) is 2.97. The molecule has 1 aliphatic heterocycles. The van der Waals surface area contributed by atoms with E-state index in [0.29, 0.717) is 25.3 Å². The van der Waals surface area contributed by atoms with Crippen LogP contribution in [-0.4, -0.2) is 38.9 Å². The number of ketones is 1. The standard InChI is InChI=1S/C18H20FN3O3/c1-11-17-20-15(16(24)18(25)22(17)10-9-21(11)2)14(23)8-5-12-3-6-13(19)7-4-12/h3-4,6-7,11,24H,5,8-10H2,1-2H3. The van der Waals surface area contributed by atoms with E-state index < -0.39 is 17.1 Å². The summed E-state index contributed by atoms with van der Waals surface area (Å²) in [5, 5.41) is 10.1. The van der Waals surface area contributed by atoms with Crippen LogP contribution >= 0.6 is 0 Å². The van der Waals surface area contributed by atoms with Gasteiger partial charge in [-0.05, 0) is 38.1 Å². The first-order valence-electron chi connectivity index (χ1n) is 8.20. The van der Waals surface area contributed by atoms with Gasteiger partial charge >= 0.3 is 0 Å². The van der Waals surface area contributed by atoms with Crippen LogP contribution in [0.3, 0.4) is 0 Å². The third-order valence-electron chi connectivity index (χ3n) is 4.70. The third-order valence-corrected chi connectivity index (χ3v) is 4.70. The SMILES string of the molecule is CC1c2nc(C(=O)CCc3ccc(F)cc3)c(O)c(=O)n2CCN1C. The molecule has 132 valence electrons. The molecule has 1 N–H and O–H groups in total. The van der Waals surface area contributed by atoms with Crippen LogP contribution in [0.1, 0.15) is 41.3 Å². The summed E-state index contributed by atoms with van der Waals surface area (Å²) in [6.07, 6.45) is 0.466. The van der Waals surface area contributed by atoms with Gasteiger partial charge in [-0.2, -0.15) is 0 Å². The van der Waals surface area contributed by atoms with Gasteiger partial charge in [-0.3, -0.25) is 19.1 Å². The first-order valence-corrected chi connectivity index (χ1v) is 8.20. The Morgan fingerprint density at radius 1 is 1.32 bits per heavy atom. The minimum absolute atomic E-state index is 0.0826. The Kier molecular flexibility index (Phi) is 4.67. The third kappa shape index (κ3) is 3.32. The van der Waals surface area contributed by atoms with Gasteiger partial charge in [0.1, 0.15) is 11.6 Å². The van der Waals surface area contributed by atoms with Crippen molar-refractivity contribution in [1.82, 2.24) is 14.5 Å². The van der Waals surface area contributed by atoms with E-state index in [1.54, 1.807) is 12.1 Å². The maximum absolute atomic E-state index is 12.9. The Morgan fingerprint density at radius 3 is 2.68 bits per heavy atom. The van der Waals surface area contributed by atoms with Crippen LogP contribution < -0.4 is 5.56 Å². The summed E-state index contributed by atoms with van der Waals surface area (Å²) in [6, 6.07) is 5.76. The monoisotopic (exact) mass is 345 g/mol. The second kappa shape index (κ2) is 6.76. The number of benzene rings is 1. The van der Waals surface area contributed by atoms with E-state index in [0.717, 1.165) is 5.56 Å². The first kappa shape index (κ1) is 17.3. The molecular formula is C18H20FN3O3. The van der Waals surface area contributed by atoms with Crippen LogP contribution in [0.5, 0.6) is 5.75 Å². The summed E-state index contributed by atoms with van der Waals surface area (Å²) < 4.78 is 14.4. The van der Waals surface area contributed by atoms with Crippen LogP contribution in [0, 0.1) is 5.82 Å². The zero-order valence-corrected chi connectivity index (χ0v) is 14.2. The number of halogens is 1. The van der Waals surface area contributed by atoms with E-state index in [2.05, 4.69) is 4.98 Å². The number of hydrogen-bond donors (Lipinski definition) is 1. The van der Waals surface area contributed by atoms with E-state index in [4.69, 9.17) is 0 Å². The van der Waals surface area contributed by atoms with Crippen molar-refractivity contribution in [2.45, 2.75) is 32.4 Å². The lowest BCUT2D eigenvalue weighted by molar-refractivity contribution is 0.0971. The van der Waals surface area contributed by atoms with E-state index >= 15 is 0 Å². The zero-order chi connectivity index (χ0) is 18.1. The number of carbonyl (C=O) groups excluding carboxylic acids is 1. The molecule has 0 saturated carbocycles. The fourth-order valence-corrected chi connectivity index (χ4v) is 2.97. The van der Waals surface area contributed by atoms with Crippen molar-refractivity contribution < 1.29 is 14.3 Å². The highest BCUT2D eigenvalue weighted by atomic mass is 19.1. The average molecular weight is 345 g/mol. The van der Waals surface area contributed by atoms with Gasteiger partial charge in [0.15, 0.2) is 11.5 Å². The van der Waals surface area contributed by atoms with Crippen molar-refractivity contribution in [3.8, 4) is 5.75 Å². The van der Waals surface area contributed by atoms with Gasteiger partial charge in [0.05, 0.1) is 6.04 Å². The van der Waals surface area contributed by atoms with Crippen molar-refractivity contribution >= 4 is 5.78 Å². The minimum atomic E-state index is -0.593. The summed E-state index contributed by atoms with van der Waals surface area (Å²) in [7, 11) is 1.92. The molecule has 1 aliphatic rings. The van der Waals surface area contributed by atoms with Gasteiger partial charge in [0.2, 0.25) is 5.75 Å². The molecule has 6 nitrogen and oxygen atoms in total. The number of aromatic nitrogens is 2. The molecule has 2 aromatic rings. The van der Waals surface area contributed by atoms with E-state index in [1.807, 2.05) is 18.9 Å². The molecule has 1 atom stereocenters. The lowest BCUT2D eigenvalue weighted by atomic mass is 10.1. The zero-order valence-electron chi connectivity index (χ0n) is 14.2. The predicted molar refractivity (Wildman–Crippen MR) is 90.3 cm³/mol. The molecule has 2 heterocycles. The molecule has 0 radical (unpaired) electrons. The number of rotatable bonds is 4. The summed E-state index contributed by atoms with van der Waals surface area (Å²) in [6.45, 7) is 3.01. The Labute approximate surface area is 144 Å². The Hall–Kier alpha value is -2.54. The number of Topliss-reactive ketones (excluding diaryl/α,β-unsaturated/α-hetero) is 1. The van der Waals surface area contributed by atoms with Crippen molar-refractivity contribution in [3.63, 3.8) is 0 Å². The molecule has 3 rings (SSSR count). The largest absolute Gasteiger partial charge is 0.501 e. The Balaban J connectivity index is 1.86. The van der Waals surface area contributed by atoms with Gasteiger partial charge in [0.25, 0.3) is 5.56 Å². The predicted octanol–water partition coefficient (Wildman–Crippen LogP) is 1.91. The van der Waals surface area contributed by atoms with Crippen LogP contribution in [0.2, 0.25) is 0 Å². The van der Waals surface area contributed by atoms with Gasteiger partial charge in [-0.1, -0.05) is 12.1 Å². The molecule has 1 aromatic heterocycles. The van der Waals surface area contributed by atoms with Crippen molar-refractivity contribution in [2.24, 2.45) is 0 Å². The lowest BCUT2D eigenvalue weighted by Crippen LogP contribution is -2.41. The fraction of sp³-hybridized carbons (Fsp3) is 0.389. The maximum Gasteiger partial charge on any atom is 0.296 e. The number of carbonyl (C=O) groups is 1. The first-order chi connectivity index (χ1) is 11.9. The van der Waals surface area contributed by atoms with Crippen molar-refractivity contribution in [1.29, 1.82) is 0 Å². The summed E-state index contributed by atoms with van der Waals surface area (Å²) >= 11 is 0. The van der Waals surface area contributed by atoms with Gasteiger partial charge < -0.3 is 5.11 Å². The second-order valence-electron chi connectivity index (χ2n) is 6.33. The van der Waals surface area contributed by atoms with Crippen LogP contribution in [0.25, 0.3) is 0 Å². The molecule has 1 unspecified atom stereocenters. The highest BCUT2D eigenvalue weighted by molar-refractivity contribution is 5.96.